The average Bonchev–Trinajstić information content (AvgIpc) is 2.77. The van der Waals surface area contributed by atoms with Gasteiger partial charge in [0.15, 0.2) is 0 Å². The molecule has 1 rings (SSSR count). The van der Waals surface area contributed by atoms with Crippen molar-refractivity contribution >= 4 is 23.9 Å². The van der Waals surface area contributed by atoms with Crippen molar-refractivity contribution in [3.05, 3.63) is 29.8 Å². The molecule has 0 aliphatic heterocycles. The predicted molar refractivity (Wildman–Crippen MR) is 123 cm³/mol. The van der Waals surface area contributed by atoms with Crippen molar-refractivity contribution in [1.82, 2.24) is 15.5 Å². The molecule has 3 unspecified atom stereocenters. The van der Waals surface area contributed by atoms with Crippen molar-refractivity contribution < 1.29 is 38.9 Å². The molecule has 0 heterocycles. The number of phenolic OH excluding ortho intramolecular Hbond substituents is 1. The van der Waals surface area contributed by atoms with E-state index in [2.05, 4.69) is 15.4 Å². The summed E-state index contributed by atoms with van der Waals surface area (Å²) in [6, 6.07) is 2.60. The van der Waals surface area contributed by atoms with Crippen LogP contribution in [-0.2, 0) is 23.9 Å². The number of aliphatic hydroxyl groups excluding tert-OH is 1. The van der Waals surface area contributed by atoms with Gasteiger partial charge in [0, 0.05) is 11.6 Å². The molecule has 0 aliphatic rings. The number of hydrogen-bond donors (Lipinski definition) is 4. The van der Waals surface area contributed by atoms with Gasteiger partial charge in [-0.25, -0.2) is 4.79 Å². The van der Waals surface area contributed by atoms with Crippen LogP contribution in [0.25, 0.3) is 0 Å². The van der Waals surface area contributed by atoms with Gasteiger partial charge in [-0.05, 0) is 40.2 Å². The van der Waals surface area contributed by atoms with Gasteiger partial charge in [-0.2, -0.15) is 0 Å². The molecule has 11 heteroatoms. The number of esters is 1. The van der Waals surface area contributed by atoms with Gasteiger partial charge in [-0.3, -0.25) is 14.4 Å². The molecule has 0 saturated carbocycles. The van der Waals surface area contributed by atoms with Crippen LogP contribution in [0, 0.1) is 0 Å². The van der Waals surface area contributed by atoms with Crippen LogP contribution in [0.3, 0.4) is 0 Å². The van der Waals surface area contributed by atoms with Gasteiger partial charge in [-0.15, -0.1) is 0 Å². The molecule has 3 amide bonds. The SMILES string of the molecule is CCC(C)N(C(=O)C(CO)NC(=O)OC(C)(C)C)C(C(=O)NCC(=O)OC)c1ccccc1O. The molecule has 0 fully saturated rings. The lowest BCUT2D eigenvalue weighted by atomic mass is 9.99. The molecular weight excluding hydrogens is 446 g/mol. The molecular formula is C23H35N3O8. The number of carbonyl (C=O) groups is 4. The molecule has 11 nitrogen and oxygen atoms in total. The number of alkyl carbamates (subject to hydrolysis) is 1. The van der Waals surface area contributed by atoms with Crippen LogP contribution in [-0.4, -0.2) is 76.9 Å². The van der Waals surface area contributed by atoms with Gasteiger partial charge >= 0.3 is 12.1 Å². The number of benzene rings is 1. The Kier molecular flexibility index (Phi) is 10.8. The second-order valence-electron chi connectivity index (χ2n) is 8.64. The Morgan fingerprint density at radius 1 is 1.15 bits per heavy atom. The second kappa shape index (κ2) is 12.8. The number of aliphatic hydroxyl groups is 1. The predicted octanol–water partition coefficient (Wildman–Crippen LogP) is 1.24. The summed E-state index contributed by atoms with van der Waals surface area (Å²) in [6.45, 7) is 7.19. The zero-order valence-electron chi connectivity index (χ0n) is 20.5. The fraction of sp³-hybridized carbons (Fsp3) is 0.565. The highest BCUT2D eigenvalue weighted by atomic mass is 16.6. The quantitative estimate of drug-likeness (QED) is 0.364. The number of ether oxygens (including phenoxy) is 2. The summed E-state index contributed by atoms with van der Waals surface area (Å²) in [5.41, 5.74) is -0.733. The van der Waals surface area contributed by atoms with Crippen LogP contribution in [0.2, 0.25) is 0 Å². The maximum atomic E-state index is 13.5. The van der Waals surface area contributed by atoms with E-state index in [4.69, 9.17) is 4.74 Å². The van der Waals surface area contributed by atoms with E-state index in [0.29, 0.717) is 6.42 Å². The first-order chi connectivity index (χ1) is 15.9. The zero-order valence-corrected chi connectivity index (χ0v) is 20.5. The van der Waals surface area contributed by atoms with Crippen LogP contribution < -0.4 is 10.6 Å². The third kappa shape index (κ3) is 8.22. The Morgan fingerprint density at radius 3 is 2.26 bits per heavy atom. The van der Waals surface area contributed by atoms with Crippen LogP contribution in [0.4, 0.5) is 4.79 Å². The van der Waals surface area contributed by atoms with E-state index in [1.54, 1.807) is 46.8 Å². The van der Waals surface area contributed by atoms with Crippen LogP contribution >= 0.6 is 0 Å². The molecule has 1 aromatic carbocycles. The first-order valence-electron chi connectivity index (χ1n) is 10.9. The number of hydrogen-bond acceptors (Lipinski definition) is 8. The smallest absolute Gasteiger partial charge is 0.408 e. The third-order valence-corrected chi connectivity index (χ3v) is 4.88. The zero-order chi connectivity index (χ0) is 26.1. The Morgan fingerprint density at radius 2 is 1.76 bits per heavy atom. The molecule has 3 atom stereocenters. The van der Waals surface area contributed by atoms with Crippen LogP contribution in [0.5, 0.6) is 5.75 Å². The van der Waals surface area contributed by atoms with E-state index in [9.17, 15) is 29.4 Å². The highest BCUT2D eigenvalue weighted by Gasteiger charge is 2.39. The summed E-state index contributed by atoms with van der Waals surface area (Å²) >= 11 is 0. The Hall–Kier alpha value is -3.34. The van der Waals surface area contributed by atoms with Crippen LogP contribution in [0.1, 0.15) is 52.6 Å². The highest BCUT2D eigenvalue weighted by molar-refractivity contribution is 5.93. The number of rotatable bonds is 10. The van der Waals surface area contributed by atoms with Gasteiger partial charge in [0.1, 0.15) is 30.0 Å². The van der Waals surface area contributed by atoms with Crippen molar-refractivity contribution in [3.63, 3.8) is 0 Å². The van der Waals surface area contributed by atoms with E-state index in [1.165, 1.54) is 17.0 Å². The summed E-state index contributed by atoms with van der Waals surface area (Å²) in [5.74, 6) is -2.48. The van der Waals surface area contributed by atoms with Crippen molar-refractivity contribution in [2.45, 2.75) is 64.8 Å². The van der Waals surface area contributed by atoms with Gasteiger partial charge in [0.05, 0.1) is 13.7 Å². The normalized spacial score (nSPS) is 13.7. The third-order valence-electron chi connectivity index (χ3n) is 4.88. The molecule has 0 radical (unpaired) electrons. The fourth-order valence-electron chi connectivity index (χ4n) is 3.08. The largest absolute Gasteiger partial charge is 0.508 e. The molecule has 0 bridgehead atoms. The van der Waals surface area contributed by atoms with Crippen molar-refractivity contribution in [2.75, 3.05) is 20.3 Å². The molecule has 0 spiro atoms. The number of carbonyl (C=O) groups excluding carboxylic acids is 4. The summed E-state index contributed by atoms with van der Waals surface area (Å²) < 4.78 is 9.72. The van der Waals surface area contributed by atoms with E-state index >= 15 is 0 Å². The lowest BCUT2D eigenvalue weighted by Crippen LogP contribution is -2.56. The van der Waals surface area contributed by atoms with Crippen molar-refractivity contribution in [3.8, 4) is 5.75 Å². The first kappa shape index (κ1) is 28.7. The number of amides is 3. The lowest BCUT2D eigenvalue weighted by molar-refractivity contribution is -0.147. The summed E-state index contributed by atoms with van der Waals surface area (Å²) in [4.78, 5) is 51.7. The standard InChI is InChI=1S/C23H35N3O8/c1-7-14(2)26(21(31)16(13-27)25-22(32)34-23(3,4)5)19(15-10-8-9-11-17(15)28)20(30)24-12-18(29)33-6/h8-11,14,16,19,27-28H,7,12-13H2,1-6H3,(H,24,30)(H,25,32). The minimum absolute atomic E-state index is 0.104. The van der Waals surface area contributed by atoms with E-state index in [-0.39, 0.29) is 11.3 Å². The Balaban J connectivity index is 3.43. The van der Waals surface area contributed by atoms with Gasteiger partial charge in [0.25, 0.3) is 0 Å². The number of nitrogens with zero attached hydrogens (tertiary/aromatic N) is 1. The van der Waals surface area contributed by atoms with Crippen molar-refractivity contribution in [1.29, 1.82) is 0 Å². The summed E-state index contributed by atoms with van der Waals surface area (Å²) in [6.07, 6.45) is -0.511. The number of phenols is 1. The van der Waals surface area contributed by atoms with Gasteiger partial charge in [0.2, 0.25) is 11.8 Å². The number of aromatic hydroxyl groups is 1. The minimum atomic E-state index is -1.43. The second-order valence-corrected chi connectivity index (χ2v) is 8.64. The van der Waals surface area contributed by atoms with E-state index < -0.39 is 60.8 Å². The number of nitrogens with one attached hydrogen (secondary N) is 2. The first-order valence-corrected chi connectivity index (χ1v) is 10.9. The molecule has 4 N–H and O–H groups in total. The summed E-state index contributed by atoms with van der Waals surface area (Å²) in [5, 5.41) is 25.1. The Labute approximate surface area is 199 Å². The minimum Gasteiger partial charge on any atom is -0.508 e. The number of para-hydroxylation sites is 1. The maximum Gasteiger partial charge on any atom is 0.408 e. The maximum absolute atomic E-state index is 13.5. The van der Waals surface area contributed by atoms with Gasteiger partial charge < -0.3 is 35.2 Å². The molecule has 0 aromatic heterocycles. The molecule has 0 aliphatic carbocycles. The van der Waals surface area contributed by atoms with Gasteiger partial charge in [-0.1, -0.05) is 25.1 Å². The van der Waals surface area contributed by atoms with Crippen molar-refractivity contribution in [2.24, 2.45) is 0 Å². The Bertz CT molecular complexity index is 868. The molecule has 34 heavy (non-hydrogen) atoms. The van der Waals surface area contributed by atoms with E-state index in [1.807, 2.05) is 0 Å². The lowest BCUT2D eigenvalue weighted by Gasteiger charge is -2.38. The molecule has 0 saturated heterocycles. The molecule has 190 valence electrons. The van der Waals surface area contributed by atoms with E-state index in [0.717, 1.165) is 7.11 Å². The monoisotopic (exact) mass is 481 g/mol. The van der Waals surface area contributed by atoms with Crippen LogP contribution in [0.15, 0.2) is 24.3 Å². The highest BCUT2D eigenvalue weighted by Crippen LogP contribution is 2.31. The average molecular weight is 482 g/mol. The topological polar surface area (TPSA) is 154 Å². The number of methoxy groups -OCH3 is 1. The fourth-order valence-corrected chi connectivity index (χ4v) is 3.08. The summed E-state index contributed by atoms with van der Waals surface area (Å²) in [7, 11) is 1.16. The molecule has 1 aromatic rings.